The number of carbonyl (C=O) groups excluding carboxylic acids is 1. The standard InChI is InChI=1S/C21H24N4O3S/c1-16-15-17(2)25(23-16)14-6-13-22-21(26)18-9-11-20(12-10-18)29(27,28)24-19-7-4-3-5-8-19/h3-5,7-12,15,24H,6,13-14H2,1-2H3,(H,22,26). The number of nitrogens with zero attached hydrogens (tertiary/aromatic N) is 2. The molecule has 7 nitrogen and oxygen atoms in total. The number of para-hydroxylation sites is 1. The molecule has 0 aliphatic rings. The first kappa shape index (κ1) is 20.6. The Morgan fingerprint density at radius 1 is 1.03 bits per heavy atom. The van der Waals surface area contributed by atoms with Crippen LogP contribution >= 0.6 is 0 Å². The lowest BCUT2D eigenvalue weighted by Crippen LogP contribution is -2.25. The Balaban J connectivity index is 1.53. The molecule has 0 atom stereocenters. The van der Waals surface area contributed by atoms with E-state index in [1.807, 2.05) is 30.7 Å². The molecule has 0 saturated heterocycles. The molecule has 8 heteroatoms. The van der Waals surface area contributed by atoms with E-state index in [4.69, 9.17) is 0 Å². The normalized spacial score (nSPS) is 11.2. The molecule has 2 aromatic carbocycles. The molecule has 29 heavy (non-hydrogen) atoms. The van der Waals surface area contributed by atoms with Crippen LogP contribution in [0.4, 0.5) is 5.69 Å². The molecular formula is C21H24N4O3S. The van der Waals surface area contributed by atoms with Crippen LogP contribution in [0.15, 0.2) is 65.6 Å². The van der Waals surface area contributed by atoms with Gasteiger partial charge in [-0.15, -0.1) is 0 Å². The summed E-state index contributed by atoms with van der Waals surface area (Å²) in [5, 5.41) is 7.24. The van der Waals surface area contributed by atoms with Gasteiger partial charge in [0.15, 0.2) is 0 Å². The number of sulfonamides is 1. The third-order valence-electron chi connectivity index (χ3n) is 4.39. The van der Waals surface area contributed by atoms with Crippen LogP contribution in [0.5, 0.6) is 0 Å². The Hall–Kier alpha value is -3.13. The highest BCUT2D eigenvalue weighted by atomic mass is 32.2. The second-order valence-corrected chi connectivity index (χ2v) is 8.44. The summed E-state index contributed by atoms with van der Waals surface area (Å²) in [5.74, 6) is -0.238. The minimum absolute atomic E-state index is 0.0995. The minimum atomic E-state index is -3.70. The molecule has 0 saturated carbocycles. The van der Waals surface area contributed by atoms with Crippen molar-refractivity contribution in [1.82, 2.24) is 15.1 Å². The van der Waals surface area contributed by atoms with Crippen molar-refractivity contribution in [2.45, 2.75) is 31.7 Å². The highest BCUT2D eigenvalue weighted by Crippen LogP contribution is 2.16. The first-order valence-electron chi connectivity index (χ1n) is 9.32. The second-order valence-electron chi connectivity index (χ2n) is 6.76. The van der Waals surface area contributed by atoms with Gasteiger partial charge in [0.1, 0.15) is 0 Å². The number of benzene rings is 2. The summed E-state index contributed by atoms with van der Waals surface area (Å²) in [5.41, 5.74) is 2.96. The molecule has 0 bridgehead atoms. The molecule has 1 aromatic heterocycles. The van der Waals surface area contributed by atoms with E-state index in [9.17, 15) is 13.2 Å². The fourth-order valence-electron chi connectivity index (χ4n) is 2.94. The van der Waals surface area contributed by atoms with Gasteiger partial charge in [0, 0.05) is 30.0 Å². The van der Waals surface area contributed by atoms with E-state index in [1.54, 1.807) is 24.3 Å². The van der Waals surface area contributed by atoms with Gasteiger partial charge in [-0.25, -0.2) is 8.42 Å². The first-order chi connectivity index (χ1) is 13.8. The van der Waals surface area contributed by atoms with Crippen LogP contribution in [0.3, 0.4) is 0 Å². The monoisotopic (exact) mass is 412 g/mol. The van der Waals surface area contributed by atoms with E-state index in [2.05, 4.69) is 15.1 Å². The summed E-state index contributed by atoms with van der Waals surface area (Å²) in [4.78, 5) is 12.4. The Morgan fingerprint density at radius 3 is 2.34 bits per heavy atom. The van der Waals surface area contributed by atoms with Crippen LogP contribution in [-0.4, -0.2) is 30.7 Å². The van der Waals surface area contributed by atoms with E-state index in [0.717, 1.165) is 24.4 Å². The Kier molecular flexibility index (Phi) is 6.33. The SMILES string of the molecule is Cc1cc(C)n(CCCNC(=O)c2ccc(S(=O)(=O)Nc3ccccc3)cc2)n1. The van der Waals surface area contributed by atoms with Gasteiger partial charge in [0.25, 0.3) is 15.9 Å². The lowest BCUT2D eigenvalue weighted by atomic mass is 10.2. The summed E-state index contributed by atoms with van der Waals surface area (Å²) >= 11 is 0. The van der Waals surface area contributed by atoms with Crippen LogP contribution in [-0.2, 0) is 16.6 Å². The molecule has 1 amide bonds. The van der Waals surface area contributed by atoms with Gasteiger partial charge in [-0.3, -0.25) is 14.2 Å². The van der Waals surface area contributed by atoms with E-state index in [0.29, 0.717) is 17.8 Å². The number of aryl methyl sites for hydroxylation is 3. The molecule has 0 aliphatic heterocycles. The summed E-state index contributed by atoms with van der Waals surface area (Å²) < 4.78 is 29.3. The van der Waals surface area contributed by atoms with Crippen molar-refractivity contribution in [3.63, 3.8) is 0 Å². The van der Waals surface area contributed by atoms with E-state index >= 15 is 0 Å². The molecule has 1 heterocycles. The van der Waals surface area contributed by atoms with Gasteiger partial charge in [0.05, 0.1) is 10.6 Å². The summed E-state index contributed by atoms with van der Waals surface area (Å²) in [7, 11) is -3.70. The number of nitrogens with one attached hydrogen (secondary N) is 2. The maximum absolute atomic E-state index is 12.4. The predicted octanol–water partition coefficient (Wildman–Crippen LogP) is 3.12. The topological polar surface area (TPSA) is 93.1 Å². The molecule has 0 spiro atoms. The predicted molar refractivity (Wildman–Crippen MR) is 112 cm³/mol. The largest absolute Gasteiger partial charge is 0.352 e. The van der Waals surface area contributed by atoms with Crippen molar-refractivity contribution in [2.75, 3.05) is 11.3 Å². The van der Waals surface area contributed by atoms with Gasteiger partial charge in [-0.1, -0.05) is 18.2 Å². The van der Waals surface area contributed by atoms with Gasteiger partial charge >= 0.3 is 0 Å². The molecule has 0 unspecified atom stereocenters. The van der Waals surface area contributed by atoms with Crippen molar-refractivity contribution in [3.05, 3.63) is 77.6 Å². The summed E-state index contributed by atoms with van der Waals surface area (Å²) in [6, 6.07) is 16.5. The number of carbonyl (C=O) groups is 1. The van der Waals surface area contributed by atoms with Crippen molar-refractivity contribution in [3.8, 4) is 0 Å². The van der Waals surface area contributed by atoms with Crippen molar-refractivity contribution < 1.29 is 13.2 Å². The maximum atomic E-state index is 12.4. The third-order valence-corrected chi connectivity index (χ3v) is 5.79. The van der Waals surface area contributed by atoms with E-state index < -0.39 is 10.0 Å². The molecule has 3 aromatic rings. The van der Waals surface area contributed by atoms with Gasteiger partial charge in [-0.2, -0.15) is 5.10 Å². The van der Waals surface area contributed by atoms with Gasteiger partial charge in [-0.05, 0) is 62.7 Å². The zero-order chi connectivity index (χ0) is 20.9. The number of aromatic nitrogens is 2. The van der Waals surface area contributed by atoms with Crippen LogP contribution in [0.1, 0.15) is 28.2 Å². The Labute approximate surface area is 170 Å². The van der Waals surface area contributed by atoms with Crippen LogP contribution < -0.4 is 10.0 Å². The maximum Gasteiger partial charge on any atom is 0.261 e. The molecule has 0 aliphatic carbocycles. The van der Waals surface area contributed by atoms with Crippen LogP contribution in [0.25, 0.3) is 0 Å². The molecular weight excluding hydrogens is 388 g/mol. The average molecular weight is 413 g/mol. The number of amides is 1. The zero-order valence-electron chi connectivity index (χ0n) is 16.4. The van der Waals surface area contributed by atoms with Crippen LogP contribution in [0.2, 0.25) is 0 Å². The number of hydrogen-bond donors (Lipinski definition) is 2. The summed E-state index contributed by atoms with van der Waals surface area (Å²) in [6.45, 7) is 5.18. The van der Waals surface area contributed by atoms with E-state index in [-0.39, 0.29) is 10.8 Å². The van der Waals surface area contributed by atoms with Gasteiger partial charge in [0.2, 0.25) is 0 Å². The Bertz CT molecular complexity index is 1070. The van der Waals surface area contributed by atoms with E-state index in [1.165, 1.54) is 24.3 Å². The van der Waals surface area contributed by atoms with Crippen molar-refractivity contribution >= 4 is 21.6 Å². The fraction of sp³-hybridized carbons (Fsp3) is 0.238. The highest BCUT2D eigenvalue weighted by Gasteiger charge is 2.15. The molecule has 0 radical (unpaired) electrons. The number of rotatable bonds is 8. The second kappa shape index (κ2) is 8.91. The lowest BCUT2D eigenvalue weighted by Gasteiger charge is -2.09. The van der Waals surface area contributed by atoms with Crippen LogP contribution in [0, 0.1) is 13.8 Å². The minimum Gasteiger partial charge on any atom is -0.352 e. The van der Waals surface area contributed by atoms with Gasteiger partial charge < -0.3 is 5.32 Å². The summed E-state index contributed by atoms with van der Waals surface area (Å²) in [6.07, 6.45) is 0.751. The lowest BCUT2D eigenvalue weighted by molar-refractivity contribution is 0.0952. The van der Waals surface area contributed by atoms with Crippen molar-refractivity contribution in [1.29, 1.82) is 0 Å². The first-order valence-corrected chi connectivity index (χ1v) is 10.8. The highest BCUT2D eigenvalue weighted by molar-refractivity contribution is 7.92. The number of anilines is 1. The molecule has 0 fully saturated rings. The molecule has 2 N–H and O–H groups in total. The molecule has 3 rings (SSSR count). The number of hydrogen-bond acceptors (Lipinski definition) is 4. The smallest absolute Gasteiger partial charge is 0.261 e. The quantitative estimate of drug-likeness (QED) is 0.556. The average Bonchev–Trinajstić information content (AvgIpc) is 3.02. The fourth-order valence-corrected chi connectivity index (χ4v) is 4.00. The van der Waals surface area contributed by atoms with Crippen molar-refractivity contribution in [2.24, 2.45) is 0 Å². The Morgan fingerprint density at radius 2 is 1.72 bits per heavy atom. The molecule has 152 valence electrons. The third kappa shape index (κ3) is 5.45. The zero-order valence-corrected chi connectivity index (χ0v) is 17.2.